The number of aryl methyl sites for hydroxylation is 1. The predicted molar refractivity (Wildman–Crippen MR) is 125 cm³/mol. The van der Waals surface area contributed by atoms with Crippen molar-refractivity contribution >= 4 is 44.3 Å². The van der Waals surface area contributed by atoms with Gasteiger partial charge in [-0.2, -0.15) is 0 Å². The number of sulfone groups is 1. The summed E-state index contributed by atoms with van der Waals surface area (Å²) in [5, 5.41) is 11.2. The van der Waals surface area contributed by atoms with Crippen LogP contribution in [0, 0.1) is 6.92 Å². The van der Waals surface area contributed by atoms with Gasteiger partial charge in [0.1, 0.15) is 10.4 Å². The van der Waals surface area contributed by atoms with Gasteiger partial charge < -0.3 is 4.90 Å². The Morgan fingerprint density at radius 2 is 2.06 bits per heavy atom. The lowest BCUT2D eigenvalue weighted by Crippen LogP contribution is -2.41. The minimum atomic E-state index is -3.88. The quantitative estimate of drug-likeness (QED) is 0.402. The van der Waals surface area contributed by atoms with Gasteiger partial charge in [-0.1, -0.05) is 0 Å². The molecule has 1 aliphatic rings. The molecule has 0 bridgehead atoms. The summed E-state index contributed by atoms with van der Waals surface area (Å²) in [6.07, 6.45) is 3.76. The first-order valence-electron chi connectivity index (χ1n) is 10.1. The molecule has 0 spiro atoms. The number of hydrogen-bond acceptors (Lipinski definition) is 9. The van der Waals surface area contributed by atoms with Crippen LogP contribution in [0.2, 0.25) is 0 Å². The third kappa shape index (κ3) is 4.56. The third-order valence-corrected chi connectivity index (χ3v) is 10.8. The summed E-state index contributed by atoms with van der Waals surface area (Å²) in [4.78, 5) is 36.9. The molecule has 0 aliphatic carbocycles. The van der Waals surface area contributed by atoms with Gasteiger partial charge in [0.15, 0.2) is 9.84 Å². The lowest BCUT2D eigenvalue weighted by molar-refractivity contribution is -0.129. The molecular formula is C21H22N4O5S3. The number of hydrogen-bond donors (Lipinski definition) is 2. The molecule has 4 heterocycles. The highest BCUT2D eigenvalue weighted by atomic mass is 32.2. The van der Waals surface area contributed by atoms with Crippen molar-refractivity contribution < 1.29 is 23.2 Å². The average Bonchev–Trinajstić information content (AvgIpc) is 3.44. The lowest BCUT2D eigenvalue weighted by Gasteiger charge is -2.30. The number of nitrogens with one attached hydrogen (secondary N) is 1. The molecule has 1 saturated heterocycles. The van der Waals surface area contributed by atoms with Gasteiger partial charge in [-0.3, -0.25) is 19.8 Å². The van der Waals surface area contributed by atoms with Crippen molar-refractivity contribution in [3.05, 3.63) is 58.3 Å². The molecular weight excluding hydrogens is 484 g/mol. The summed E-state index contributed by atoms with van der Waals surface area (Å²) in [5.41, 5.74) is 2.81. The summed E-state index contributed by atoms with van der Waals surface area (Å²) in [7, 11) is -3.88. The maximum atomic E-state index is 13.6. The second kappa shape index (κ2) is 9.29. The first-order chi connectivity index (χ1) is 15.8. The van der Waals surface area contributed by atoms with Gasteiger partial charge in [-0.05, 0) is 42.5 Å². The normalized spacial score (nSPS) is 20.2. The van der Waals surface area contributed by atoms with Crippen molar-refractivity contribution in [2.75, 3.05) is 18.8 Å². The minimum Gasteiger partial charge on any atom is -0.336 e. The lowest BCUT2D eigenvalue weighted by atomic mass is 9.97. The Morgan fingerprint density at radius 3 is 2.73 bits per heavy atom. The number of rotatable bonds is 5. The molecule has 1 unspecified atom stereocenters. The third-order valence-electron chi connectivity index (χ3n) is 5.68. The van der Waals surface area contributed by atoms with Gasteiger partial charge in [0.2, 0.25) is 5.91 Å². The summed E-state index contributed by atoms with van der Waals surface area (Å²) in [6.45, 7) is 2.07. The Morgan fingerprint density at radius 1 is 1.24 bits per heavy atom. The molecule has 9 nitrogen and oxygen atoms in total. The number of carbonyl (C=O) groups is 2. The van der Waals surface area contributed by atoms with Gasteiger partial charge in [-0.15, -0.1) is 22.7 Å². The van der Waals surface area contributed by atoms with E-state index < -0.39 is 32.8 Å². The Balaban J connectivity index is 1.72. The summed E-state index contributed by atoms with van der Waals surface area (Å²) in [6, 6.07) is 5.61. The molecule has 2 N–H and O–H groups in total. The van der Waals surface area contributed by atoms with E-state index in [4.69, 9.17) is 0 Å². The fourth-order valence-electron chi connectivity index (χ4n) is 3.92. The highest BCUT2D eigenvalue weighted by Crippen LogP contribution is 2.46. The number of amides is 2. The number of aromatic nitrogens is 2. The highest BCUT2D eigenvalue weighted by Gasteiger charge is 2.50. The van der Waals surface area contributed by atoms with Crippen molar-refractivity contribution in [3.8, 4) is 9.75 Å². The van der Waals surface area contributed by atoms with Crippen LogP contribution >= 0.6 is 22.7 Å². The molecule has 174 valence electrons. The maximum Gasteiger partial charge on any atom is 0.274 e. The largest absolute Gasteiger partial charge is 0.336 e. The smallest absolute Gasteiger partial charge is 0.274 e. The fourth-order valence-corrected chi connectivity index (χ4v) is 8.52. The first-order valence-corrected chi connectivity index (χ1v) is 13.5. The molecule has 3 aromatic rings. The number of hydroxylamine groups is 1. The molecule has 1 aliphatic heterocycles. The van der Waals surface area contributed by atoms with E-state index in [1.165, 1.54) is 34.8 Å². The zero-order valence-corrected chi connectivity index (χ0v) is 20.2. The van der Waals surface area contributed by atoms with Crippen LogP contribution < -0.4 is 5.48 Å². The standard InChI is InChI=1S/C21H22N4O5S3/c1-14-10-17(31-13-14)16-2-3-18(32-16)21(11-19(26)24-28)4-7-25(8-9-33(21,29)30)20(27)15-12-22-5-6-23-15/h2-3,5-6,10,12-13,28H,4,7-9,11H2,1H3,(H,24,26). The Bertz CT molecular complexity index is 1270. The van der Waals surface area contributed by atoms with E-state index in [0.29, 0.717) is 4.88 Å². The molecule has 4 rings (SSSR count). The minimum absolute atomic E-state index is 0.0121. The monoisotopic (exact) mass is 506 g/mol. The molecule has 12 heteroatoms. The van der Waals surface area contributed by atoms with Gasteiger partial charge in [0.25, 0.3) is 5.91 Å². The molecule has 0 aromatic carbocycles. The fraction of sp³-hybridized carbons (Fsp3) is 0.333. The zero-order valence-electron chi connectivity index (χ0n) is 17.7. The Hall–Kier alpha value is -2.67. The van der Waals surface area contributed by atoms with Crippen LogP contribution in [0.3, 0.4) is 0 Å². The van der Waals surface area contributed by atoms with Gasteiger partial charge >= 0.3 is 0 Å². The molecule has 3 aromatic heterocycles. The topological polar surface area (TPSA) is 130 Å². The van der Waals surface area contributed by atoms with Crippen molar-refractivity contribution in [1.29, 1.82) is 0 Å². The van der Waals surface area contributed by atoms with Crippen LogP contribution in [0.5, 0.6) is 0 Å². The first kappa shape index (κ1) is 23.5. The molecule has 2 amide bonds. The van der Waals surface area contributed by atoms with E-state index in [1.807, 2.05) is 24.4 Å². The van der Waals surface area contributed by atoms with Crippen molar-refractivity contribution in [3.63, 3.8) is 0 Å². The predicted octanol–water partition coefficient (Wildman–Crippen LogP) is 2.63. The van der Waals surface area contributed by atoms with E-state index in [-0.39, 0.29) is 31.0 Å². The maximum absolute atomic E-state index is 13.6. The second-order valence-electron chi connectivity index (χ2n) is 7.81. The second-order valence-corrected chi connectivity index (χ2v) is 12.2. The van der Waals surface area contributed by atoms with Crippen molar-refractivity contribution in [1.82, 2.24) is 20.3 Å². The van der Waals surface area contributed by atoms with Crippen LogP contribution in [-0.4, -0.2) is 59.1 Å². The molecule has 0 saturated carbocycles. The van der Waals surface area contributed by atoms with E-state index in [0.717, 1.165) is 15.3 Å². The van der Waals surface area contributed by atoms with E-state index in [1.54, 1.807) is 22.9 Å². The van der Waals surface area contributed by atoms with Crippen LogP contribution in [0.15, 0.2) is 42.2 Å². The molecule has 0 radical (unpaired) electrons. The van der Waals surface area contributed by atoms with Crippen LogP contribution in [-0.2, 0) is 19.4 Å². The van der Waals surface area contributed by atoms with Crippen molar-refractivity contribution in [2.45, 2.75) is 24.5 Å². The SMILES string of the molecule is Cc1csc(-c2ccc(C3(CC(=O)NO)CCN(C(=O)c4cnccn4)CCS3(=O)=O)s2)c1. The van der Waals surface area contributed by atoms with Gasteiger partial charge in [-0.25, -0.2) is 18.9 Å². The average molecular weight is 507 g/mol. The number of nitrogens with zero attached hydrogens (tertiary/aromatic N) is 3. The molecule has 1 atom stereocenters. The van der Waals surface area contributed by atoms with Crippen LogP contribution in [0.4, 0.5) is 0 Å². The van der Waals surface area contributed by atoms with E-state index in [9.17, 15) is 23.2 Å². The van der Waals surface area contributed by atoms with Crippen LogP contribution in [0.25, 0.3) is 9.75 Å². The van der Waals surface area contributed by atoms with Crippen LogP contribution in [0.1, 0.15) is 33.8 Å². The number of thiophene rings is 2. The molecule has 33 heavy (non-hydrogen) atoms. The Labute approximate surface area is 199 Å². The number of carbonyl (C=O) groups excluding carboxylic acids is 2. The molecule has 1 fully saturated rings. The summed E-state index contributed by atoms with van der Waals surface area (Å²) in [5.74, 6) is -1.53. The summed E-state index contributed by atoms with van der Waals surface area (Å²) < 4.78 is 25.7. The Kier molecular flexibility index (Phi) is 6.61. The van der Waals surface area contributed by atoms with Crippen molar-refractivity contribution in [2.24, 2.45) is 0 Å². The summed E-state index contributed by atoms with van der Waals surface area (Å²) >= 11 is 2.88. The van der Waals surface area contributed by atoms with E-state index in [2.05, 4.69) is 9.97 Å². The van der Waals surface area contributed by atoms with E-state index >= 15 is 0 Å². The van der Waals surface area contributed by atoms with Gasteiger partial charge in [0.05, 0.1) is 18.4 Å². The zero-order chi connectivity index (χ0) is 23.6. The highest BCUT2D eigenvalue weighted by molar-refractivity contribution is 7.92. The van der Waals surface area contributed by atoms with Gasteiger partial charge in [0, 0.05) is 40.1 Å².